The number of hydrazone groups is 1. The fraction of sp³-hybridized carbons (Fsp3) is 0.333. The zero-order valence-corrected chi connectivity index (χ0v) is 13.1. The van der Waals surface area contributed by atoms with Crippen LogP contribution in [0.5, 0.6) is 5.75 Å². The van der Waals surface area contributed by atoms with Crippen molar-refractivity contribution < 1.29 is 13.5 Å². The molecule has 2 aliphatic heterocycles. The molecule has 0 aliphatic carbocycles. The summed E-state index contributed by atoms with van der Waals surface area (Å²) >= 11 is 1.05. The highest BCUT2D eigenvalue weighted by Gasteiger charge is 2.38. The zero-order chi connectivity index (χ0) is 15.2. The minimum atomic E-state index is -3.52. The summed E-state index contributed by atoms with van der Waals surface area (Å²) in [4.78, 5) is 4.48. The molecule has 7 nitrogen and oxygen atoms in total. The van der Waals surface area contributed by atoms with Gasteiger partial charge < -0.3 is 5.11 Å². The summed E-state index contributed by atoms with van der Waals surface area (Å²) in [6, 6.07) is 6.74. The van der Waals surface area contributed by atoms with E-state index in [1.165, 1.54) is 14.1 Å². The lowest BCUT2D eigenvalue weighted by molar-refractivity contribution is 0.456. The number of benzene rings is 1. The SMILES string of the molecule is CN(C)S(=O)(=O)C1=NN2CC(c3cccc(O)c3)N=C2S1. The number of aliphatic imine (C=N–C) groups is 1. The first-order valence-electron chi connectivity index (χ1n) is 6.21. The summed E-state index contributed by atoms with van der Waals surface area (Å²) in [6.45, 7) is 0.470. The van der Waals surface area contributed by atoms with Crippen LogP contribution in [0.15, 0.2) is 34.4 Å². The third-order valence-electron chi connectivity index (χ3n) is 3.17. The maximum absolute atomic E-state index is 12.0. The molecule has 112 valence electrons. The number of aromatic hydroxyl groups is 1. The Morgan fingerprint density at radius 1 is 1.43 bits per heavy atom. The lowest BCUT2D eigenvalue weighted by Crippen LogP contribution is -2.27. The van der Waals surface area contributed by atoms with Crippen molar-refractivity contribution in [3.8, 4) is 5.75 Å². The van der Waals surface area contributed by atoms with E-state index in [0.29, 0.717) is 11.7 Å². The molecule has 21 heavy (non-hydrogen) atoms. The molecular formula is C12H14N4O3S2. The fourth-order valence-electron chi connectivity index (χ4n) is 2.01. The molecule has 1 unspecified atom stereocenters. The van der Waals surface area contributed by atoms with Crippen LogP contribution in [0.2, 0.25) is 0 Å². The van der Waals surface area contributed by atoms with E-state index in [1.807, 2.05) is 6.07 Å². The summed E-state index contributed by atoms with van der Waals surface area (Å²) in [5.41, 5.74) is 0.879. The largest absolute Gasteiger partial charge is 0.508 e. The van der Waals surface area contributed by atoms with Crippen molar-refractivity contribution in [3.05, 3.63) is 29.8 Å². The van der Waals surface area contributed by atoms with Gasteiger partial charge in [-0.1, -0.05) is 12.1 Å². The molecular weight excluding hydrogens is 312 g/mol. The van der Waals surface area contributed by atoms with E-state index < -0.39 is 10.0 Å². The topological polar surface area (TPSA) is 85.6 Å². The second-order valence-electron chi connectivity index (χ2n) is 4.86. The van der Waals surface area contributed by atoms with Crippen LogP contribution >= 0.6 is 11.8 Å². The van der Waals surface area contributed by atoms with Crippen LogP contribution in [-0.2, 0) is 10.0 Å². The number of fused-ring (bicyclic) bond motifs is 1. The highest BCUT2D eigenvalue weighted by Crippen LogP contribution is 2.35. The molecule has 0 radical (unpaired) electrons. The first-order chi connectivity index (χ1) is 9.88. The Bertz CT molecular complexity index is 743. The number of sulfonamides is 1. The van der Waals surface area contributed by atoms with Gasteiger partial charge in [-0.05, 0) is 29.5 Å². The molecule has 9 heteroatoms. The Balaban J connectivity index is 1.81. The van der Waals surface area contributed by atoms with Crippen LogP contribution < -0.4 is 0 Å². The highest BCUT2D eigenvalue weighted by atomic mass is 32.3. The lowest BCUT2D eigenvalue weighted by Gasteiger charge is -2.11. The predicted molar refractivity (Wildman–Crippen MR) is 82.6 cm³/mol. The van der Waals surface area contributed by atoms with Gasteiger partial charge in [0.15, 0.2) is 5.17 Å². The first kappa shape index (κ1) is 14.4. The van der Waals surface area contributed by atoms with Gasteiger partial charge in [-0.3, -0.25) is 4.99 Å². The van der Waals surface area contributed by atoms with Gasteiger partial charge in [-0.25, -0.2) is 17.7 Å². The number of phenols is 1. The molecule has 0 spiro atoms. The van der Waals surface area contributed by atoms with Crippen LogP contribution in [0, 0.1) is 0 Å². The van der Waals surface area contributed by atoms with Gasteiger partial charge in [0.2, 0.25) is 4.38 Å². The second-order valence-corrected chi connectivity index (χ2v) is 8.14. The van der Waals surface area contributed by atoms with Crippen LogP contribution in [0.25, 0.3) is 0 Å². The Morgan fingerprint density at radius 3 is 2.81 bits per heavy atom. The molecule has 0 fully saturated rings. The average molecular weight is 326 g/mol. The van der Waals surface area contributed by atoms with Gasteiger partial charge >= 0.3 is 0 Å². The standard InChI is InChI=1S/C12H14N4O3S2/c1-15(2)21(18,19)12-14-16-7-10(13-11(16)20-12)8-4-3-5-9(17)6-8/h3-6,10,17H,7H2,1-2H3. The molecule has 2 heterocycles. The summed E-state index contributed by atoms with van der Waals surface area (Å²) in [5.74, 6) is 0.187. The number of amidine groups is 1. The minimum absolute atomic E-state index is 0.0422. The molecule has 0 bridgehead atoms. The Kier molecular flexibility index (Phi) is 3.42. The van der Waals surface area contributed by atoms with Crippen molar-refractivity contribution in [3.63, 3.8) is 0 Å². The monoisotopic (exact) mass is 326 g/mol. The molecule has 1 N–H and O–H groups in total. The second kappa shape index (κ2) is 5.00. The smallest absolute Gasteiger partial charge is 0.268 e. The van der Waals surface area contributed by atoms with Gasteiger partial charge in [0.05, 0.1) is 12.6 Å². The summed E-state index contributed by atoms with van der Waals surface area (Å²) in [6.07, 6.45) is 0. The van der Waals surface area contributed by atoms with Gasteiger partial charge in [0, 0.05) is 14.1 Å². The predicted octanol–water partition coefficient (Wildman–Crippen LogP) is 1.01. The van der Waals surface area contributed by atoms with E-state index in [2.05, 4.69) is 10.1 Å². The number of phenolic OH excluding ortho intramolecular Hbond substituents is 1. The molecule has 1 aromatic carbocycles. The number of hydrogen-bond donors (Lipinski definition) is 1. The van der Waals surface area contributed by atoms with Crippen LogP contribution in [0.1, 0.15) is 11.6 Å². The van der Waals surface area contributed by atoms with E-state index in [4.69, 9.17) is 0 Å². The Labute approximate surface area is 127 Å². The van der Waals surface area contributed by atoms with Crippen LogP contribution in [-0.4, -0.2) is 53.0 Å². The van der Waals surface area contributed by atoms with Crippen molar-refractivity contribution in [2.45, 2.75) is 6.04 Å². The molecule has 1 atom stereocenters. The normalized spacial score (nSPS) is 21.5. The summed E-state index contributed by atoms with van der Waals surface area (Å²) < 4.78 is 25.2. The van der Waals surface area contributed by atoms with E-state index in [0.717, 1.165) is 21.6 Å². The third-order valence-corrected chi connectivity index (χ3v) is 6.29. The van der Waals surface area contributed by atoms with Crippen molar-refractivity contribution >= 4 is 31.3 Å². The van der Waals surface area contributed by atoms with E-state index >= 15 is 0 Å². The van der Waals surface area contributed by atoms with Gasteiger partial charge in [0.25, 0.3) is 10.0 Å². The first-order valence-corrected chi connectivity index (χ1v) is 8.47. The van der Waals surface area contributed by atoms with Gasteiger partial charge in [-0.2, -0.15) is 0 Å². The third kappa shape index (κ3) is 2.52. The summed E-state index contributed by atoms with van der Waals surface area (Å²) in [7, 11) is -0.581. The Hall–Kier alpha value is -1.58. The quantitative estimate of drug-likeness (QED) is 0.877. The number of nitrogens with zero attached hydrogens (tertiary/aromatic N) is 4. The molecule has 0 saturated carbocycles. The van der Waals surface area contributed by atoms with Gasteiger partial charge in [0.1, 0.15) is 5.75 Å². The van der Waals surface area contributed by atoms with Crippen molar-refractivity contribution in [1.82, 2.24) is 9.31 Å². The number of hydrogen-bond acceptors (Lipinski definition) is 7. The number of thioether (sulfide) groups is 1. The molecule has 0 saturated heterocycles. The molecule has 2 aliphatic rings. The zero-order valence-electron chi connectivity index (χ0n) is 11.5. The maximum atomic E-state index is 12.0. The van der Waals surface area contributed by atoms with Crippen molar-refractivity contribution in [2.24, 2.45) is 10.1 Å². The molecule has 0 amide bonds. The summed E-state index contributed by atoms with van der Waals surface area (Å²) in [5, 5.41) is 15.8. The van der Waals surface area contributed by atoms with Crippen molar-refractivity contribution in [2.75, 3.05) is 20.6 Å². The van der Waals surface area contributed by atoms with E-state index in [1.54, 1.807) is 23.2 Å². The molecule has 0 aromatic heterocycles. The average Bonchev–Trinajstić information content (AvgIpc) is 2.96. The minimum Gasteiger partial charge on any atom is -0.508 e. The fourth-order valence-corrected chi connectivity index (χ4v) is 4.32. The van der Waals surface area contributed by atoms with Crippen LogP contribution in [0.3, 0.4) is 0 Å². The number of rotatable bonds is 2. The maximum Gasteiger partial charge on any atom is 0.268 e. The molecule has 1 aromatic rings. The van der Waals surface area contributed by atoms with Gasteiger partial charge in [-0.15, -0.1) is 5.10 Å². The van der Waals surface area contributed by atoms with E-state index in [9.17, 15) is 13.5 Å². The lowest BCUT2D eigenvalue weighted by atomic mass is 10.1. The van der Waals surface area contributed by atoms with Crippen LogP contribution in [0.4, 0.5) is 0 Å². The van der Waals surface area contributed by atoms with Crippen molar-refractivity contribution in [1.29, 1.82) is 0 Å². The molecule has 3 rings (SSSR count). The Morgan fingerprint density at radius 2 is 2.19 bits per heavy atom. The van der Waals surface area contributed by atoms with E-state index in [-0.39, 0.29) is 16.2 Å². The highest BCUT2D eigenvalue weighted by molar-refractivity contribution is 8.42.